The second-order valence-corrected chi connectivity index (χ2v) is 6.84. The average Bonchev–Trinajstić information content (AvgIpc) is 3.09. The number of ether oxygens (including phenoxy) is 1. The number of carbonyl (C=O) groups is 2. The van der Waals surface area contributed by atoms with Gasteiger partial charge in [0.15, 0.2) is 0 Å². The number of benzene rings is 2. The molecule has 4 rings (SSSR count). The molecule has 1 aliphatic heterocycles. The first-order chi connectivity index (χ1) is 15.0. The molecule has 0 saturated carbocycles. The number of Topliss-reactive ketones (excluding diaryl/α,β-unsaturated/α-hetero) is 1. The fraction of sp³-hybridized carbons (Fsp3) is 0.0833. The largest absolute Gasteiger partial charge is 0.507 e. The van der Waals surface area contributed by atoms with E-state index in [0.29, 0.717) is 28.1 Å². The van der Waals surface area contributed by atoms with Gasteiger partial charge in [-0.05, 0) is 54.1 Å². The van der Waals surface area contributed by atoms with Gasteiger partial charge >= 0.3 is 0 Å². The van der Waals surface area contributed by atoms with E-state index in [-0.39, 0.29) is 11.3 Å². The number of hydrogen-bond acceptors (Lipinski definition) is 6. The van der Waals surface area contributed by atoms with E-state index >= 15 is 0 Å². The molecule has 1 atom stereocenters. The van der Waals surface area contributed by atoms with E-state index in [1.54, 1.807) is 73.1 Å². The minimum absolute atomic E-state index is 0.0335. The summed E-state index contributed by atoms with van der Waals surface area (Å²) in [6.07, 6.45) is 3.11. The van der Waals surface area contributed by atoms with E-state index in [0.717, 1.165) is 0 Å². The average molecular weight is 411 g/mol. The van der Waals surface area contributed by atoms with Crippen LogP contribution >= 0.6 is 0 Å². The van der Waals surface area contributed by atoms with E-state index in [1.165, 1.54) is 12.0 Å². The third-order valence-electron chi connectivity index (χ3n) is 5.08. The predicted octanol–water partition coefficient (Wildman–Crippen LogP) is 3.59. The number of nitriles is 1. The summed E-state index contributed by atoms with van der Waals surface area (Å²) in [6.45, 7) is 0. The second kappa shape index (κ2) is 8.13. The highest BCUT2D eigenvalue weighted by Gasteiger charge is 2.46. The summed E-state index contributed by atoms with van der Waals surface area (Å²) in [5, 5.41) is 20.1. The highest BCUT2D eigenvalue weighted by atomic mass is 16.5. The van der Waals surface area contributed by atoms with E-state index < -0.39 is 17.7 Å². The number of ketones is 1. The van der Waals surface area contributed by atoms with Gasteiger partial charge in [-0.3, -0.25) is 19.5 Å². The fourth-order valence-corrected chi connectivity index (χ4v) is 3.58. The van der Waals surface area contributed by atoms with Gasteiger partial charge in [0.2, 0.25) is 0 Å². The molecule has 2 aromatic carbocycles. The molecule has 1 saturated heterocycles. The Kier molecular flexibility index (Phi) is 5.21. The first-order valence-corrected chi connectivity index (χ1v) is 9.40. The van der Waals surface area contributed by atoms with Crippen LogP contribution in [0.1, 0.15) is 22.7 Å². The zero-order valence-corrected chi connectivity index (χ0v) is 16.5. The summed E-state index contributed by atoms with van der Waals surface area (Å²) in [4.78, 5) is 31.4. The van der Waals surface area contributed by atoms with Crippen molar-refractivity contribution in [3.8, 4) is 11.8 Å². The number of anilines is 1. The van der Waals surface area contributed by atoms with Crippen LogP contribution in [0.15, 0.2) is 78.6 Å². The molecule has 0 spiro atoms. The van der Waals surface area contributed by atoms with Gasteiger partial charge in [0.1, 0.15) is 11.5 Å². The Hall–Kier alpha value is -4.44. The topological polar surface area (TPSA) is 104 Å². The van der Waals surface area contributed by atoms with Crippen LogP contribution in [0.25, 0.3) is 5.76 Å². The molecule has 3 aromatic rings. The van der Waals surface area contributed by atoms with Crippen molar-refractivity contribution in [3.63, 3.8) is 0 Å². The van der Waals surface area contributed by atoms with E-state index in [9.17, 15) is 14.7 Å². The molecular weight excluding hydrogens is 394 g/mol. The number of aliphatic hydroxyl groups excluding tert-OH is 1. The molecule has 152 valence electrons. The van der Waals surface area contributed by atoms with Crippen LogP contribution in [0, 0.1) is 11.3 Å². The number of amides is 1. The van der Waals surface area contributed by atoms with Crippen LogP contribution in [-0.2, 0) is 9.59 Å². The first-order valence-electron chi connectivity index (χ1n) is 9.40. The zero-order valence-electron chi connectivity index (χ0n) is 16.5. The SMILES string of the molecule is COc1cccc(/C(O)=C2/C(=O)C(=O)N(c3ccc(C#N)cc3)C2c2ccncc2)c1. The number of nitrogens with zero attached hydrogens (tertiary/aromatic N) is 3. The maximum Gasteiger partial charge on any atom is 0.300 e. The van der Waals surface area contributed by atoms with E-state index in [1.807, 2.05) is 6.07 Å². The lowest BCUT2D eigenvalue weighted by Gasteiger charge is -2.25. The number of aliphatic hydroxyl groups is 1. The van der Waals surface area contributed by atoms with Crippen molar-refractivity contribution in [2.24, 2.45) is 0 Å². The van der Waals surface area contributed by atoms with Crippen LogP contribution in [0.4, 0.5) is 5.69 Å². The van der Waals surface area contributed by atoms with Crippen molar-refractivity contribution in [1.29, 1.82) is 5.26 Å². The summed E-state index contributed by atoms with van der Waals surface area (Å²) < 4.78 is 5.21. The van der Waals surface area contributed by atoms with Gasteiger partial charge in [-0.2, -0.15) is 5.26 Å². The normalized spacial score (nSPS) is 17.4. The van der Waals surface area contributed by atoms with Gasteiger partial charge in [0, 0.05) is 23.6 Å². The van der Waals surface area contributed by atoms with Crippen LogP contribution in [0.2, 0.25) is 0 Å². The molecule has 0 aliphatic carbocycles. The monoisotopic (exact) mass is 411 g/mol. The van der Waals surface area contributed by atoms with Crippen molar-refractivity contribution in [2.45, 2.75) is 6.04 Å². The Morgan fingerprint density at radius 1 is 1.10 bits per heavy atom. The molecule has 7 heteroatoms. The Morgan fingerprint density at radius 3 is 2.45 bits per heavy atom. The predicted molar refractivity (Wildman–Crippen MR) is 113 cm³/mol. The first kappa shape index (κ1) is 19.9. The Bertz CT molecular complexity index is 1230. The Balaban J connectivity index is 1.92. The molecule has 1 N–H and O–H groups in total. The molecular formula is C24H17N3O4. The molecule has 1 unspecified atom stereocenters. The quantitative estimate of drug-likeness (QED) is 0.400. The standard InChI is InChI=1S/C24H17N3O4/c1-31-19-4-2-3-17(13-19)22(28)20-21(16-9-11-26-12-10-16)27(24(30)23(20)29)18-7-5-15(14-25)6-8-18/h2-13,21,28H,1H3/b22-20-. The Labute approximate surface area is 178 Å². The number of aromatic nitrogens is 1. The summed E-state index contributed by atoms with van der Waals surface area (Å²) in [7, 11) is 1.50. The van der Waals surface area contributed by atoms with E-state index in [2.05, 4.69) is 4.98 Å². The molecule has 1 fully saturated rings. The van der Waals surface area contributed by atoms with Crippen molar-refractivity contribution < 1.29 is 19.4 Å². The van der Waals surface area contributed by atoms with Crippen molar-refractivity contribution in [3.05, 3.63) is 95.3 Å². The second-order valence-electron chi connectivity index (χ2n) is 6.84. The number of rotatable bonds is 4. The Morgan fingerprint density at radius 2 is 1.81 bits per heavy atom. The summed E-state index contributed by atoms with van der Waals surface area (Å²) >= 11 is 0. The lowest BCUT2D eigenvalue weighted by atomic mass is 9.95. The van der Waals surface area contributed by atoms with Crippen LogP contribution in [0.5, 0.6) is 5.75 Å². The van der Waals surface area contributed by atoms with Crippen molar-refractivity contribution >= 4 is 23.1 Å². The molecule has 1 aromatic heterocycles. The molecule has 7 nitrogen and oxygen atoms in total. The number of hydrogen-bond donors (Lipinski definition) is 1. The van der Waals surface area contributed by atoms with Gasteiger partial charge in [0.05, 0.1) is 30.4 Å². The highest BCUT2D eigenvalue weighted by Crippen LogP contribution is 2.42. The lowest BCUT2D eigenvalue weighted by molar-refractivity contribution is -0.132. The van der Waals surface area contributed by atoms with E-state index in [4.69, 9.17) is 10.00 Å². The van der Waals surface area contributed by atoms with Gasteiger partial charge < -0.3 is 9.84 Å². The minimum Gasteiger partial charge on any atom is -0.507 e. The third kappa shape index (κ3) is 3.51. The molecule has 1 aliphatic rings. The van der Waals surface area contributed by atoms with Crippen LogP contribution < -0.4 is 9.64 Å². The molecule has 0 radical (unpaired) electrons. The van der Waals surface area contributed by atoms with Gasteiger partial charge in [-0.1, -0.05) is 12.1 Å². The maximum atomic E-state index is 13.1. The lowest BCUT2D eigenvalue weighted by Crippen LogP contribution is -2.29. The number of carbonyl (C=O) groups excluding carboxylic acids is 2. The van der Waals surface area contributed by atoms with Gasteiger partial charge in [-0.25, -0.2) is 0 Å². The van der Waals surface area contributed by atoms with Crippen LogP contribution in [0.3, 0.4) is 0 Å². The number of pyridine rings is 1. The van der Waals surface area contributed by atoms with Gasteiger partial charge in [0.25, 0.3) is 11.7 Å². The van der Waals surface area contributed by atoms with Crippen molar-refractivity contribution in [1.82, 2.24) is 4.98 Å². The number of methoxy groups -OCH3 is 1. The minimum atomic E-state index is -0.859. The van der Waals surface area contributed by atoms with Gasteiger partial charge in [-0.15, -0.1) is 0 Å². The zero-order chi connectivity index (χ0) is 22.0. The smallest absolute Gasteiger partial charge is 0.300 e. The summed E-state index contributed by atoms with van der Waals surface area (Å²) in [6, 6.07) is 17.5. The summed E-state index contributed by atoms with van der Waals surface area (Å²) in [5.41, 5.74) is 1.80. The highest BCUT2D eigenvalue weighted by molar-refractivity contribution is 6.51. The molecule has 1 amide bonds. The summed E-state index contributed by atoms with van der Waals surface area (Å²) in [5.74, 6) is -1.36. The maximum absolute atomic E-state index is 13.1. The van der Waals surface area contributed by atoms with Crippen molar-refractivity contribution in [2.75, 3.05) is 12.0 Å². The third-order valence-corrected chi connectivity index (χ3v) is 5.08. The molecule has 0 bridgehead atoms. The molecule has 2 heterocycles. The molecule has 31 heavy (non-hydrogen) atoms. The fourth-order valence-electron chi connectivity index (χ4n) is 3.58. The van der Waals surface area contributed by atoms with Crippen LogP contribution in [-0.4, -0.2) is 28.9 Å².